The average Bonchev–Trinajstić information content (AvgIpc) is 3.98. The SMILES string of the molecule is CCCc1nc(CN2CCN(c3cccc(C(F)(F)F)c3)CC2)c(C(=O)OC)n1Cc1ccc(-c2ccccc2-c2nnnn2C(c2ccccc2)(c2ccccc2)c2ccccc2)cc1. The number of aryl methyl sites for hydroxylation is 1. The molecule has 10 nitrogen and oxygen atoms in total. The number of hydrogen-bond donors (Lipinski definition) is 0. The molecule has 66 heavy (non-hydrogen) atoms. The number of carbonyl (C=O) groups is 1. The second kappa shape index (κ2) is 19.0. The maximum atomic E-state index is 13.6. The highest BCUT2D eigenvalue weighted by Crippen LogP contribution is 2.43. The van der Waals surface area contributed by atoms with E-state index in [1.165, 1.54) is 19.2 Å². The molecule has 0 saturated carbocycles. The number of carbonyl (C=O) groups excluding carboxylic acids is 1. The number of imidazole rings is 1. The van der Waals surface area contributed by atoms with E-state index in [-0.39, 0.29) is 0 Å². The summed E-state index contributed by atoms with van der Waals surface area (Å²) in [6, 6.07) is 52.9. The van der Waals surface area contributed by atoms with Gasteiger partial charge in [0.1, 0.15) is 11.4 Å². The van der Waals surface area contributed by atoms with Gasteiger partial charge in [0.05, 0.1) is 18.4 Å². The summed E-state index contributed by atoms with van der Waals surface area (Å²) in [6.07, 6.45) is -2.93. The molecule has 1 aliphatic heterocycles. The van der Waals surface area contributed by atoms with Crippen molar-refractivity contribution in [2.75, 3.05) is 38.2 Å². The highest BCUT2D eigenvalue weighted by Gasteiger charge is 2.42. The standard InChI is InChI=1S/C53H49F3N8O2/c1-3-16-48-57-47(37-61-31-33-62(34-32-61)44-24-15-23-43(35-44)53(54,55)56)49(51(65)66-2)63(48)36-38-27-29-39(30-28-38)45-25-13-14-26-46(45)50-58-59-60-64(50)52(40-17-7-4-8-18-40,41-19-9-5-10-20-41)42-21-11-6-12-22-42/h4-15,17-30,35H,3,16,31-34,36-37H2,1-2H3. The summed E-state index contributed by atoms with van der Waals surface area (Å²) in [7, 11) is 1.38. The van der Waals surface area contributed by atoms with Crippen LogP contribution in [-0.2, 0) is 36.0 Å². The quantitative estimate of drug-likeness (QED) is 0.0787. The van der Waals surface area contributed by atoms with Crippen molar-refractivity contribution in [3.05, 3.63) is 209 Å². The van der Waals surface area contributed by atoms with Gasteiger partial charge in [0, 0.05) is 56.9 Å². The van der Waals surface area contributed by atoms with Gasteiger partial charge in [-0.1, -0.05) is 153 Å². The van der Waals surface area contributed by atoms with Gasteiger partial charge in [-0.05, 0) is 68.4 Å². The highest BCUT2D eigenvalue weighted by atomic mass is 19.4. The number of anilines is 1. The fourth-order valence-corrected chi connectivity index (χ4v) is 9.22. The molecule has 0 amide bonds. The topological polar surface area (TPSA) is 94.2 Å². The molecule has 13 heteroatoms. The molecule has 6 aromatic carbocycles. The zero-order valence-corrected chi connectivity index (χ0v) is 36.8. The van der Waals surface area contributed by atoms with Crippen molar-refractivity contribution in [1.29, 1.82) is 0 Å². The van der Waals surface area contributed by atoms with Crippen molar-refractivity contribution < 1.29 is 22.7 Å². The summed E-state index contributed by atoms with van der Waals surface area (Å²) in [4.78, 5) is 22.8. The van der Waals surface area contributed by atoms with Gasteiger partial charge in [0.2, 0.25) is 0 Å². The Morgan fingerprint density at radius 3 is 1.82 bits per heavy atom. The van der Waals surface area contributed by atoms with E-state index in [2.05, 4.69) is 89.8 Å². The van der Waals surface area contributed by atoms with Crippen LogP contribution in [0.3, 0.4) is 0 Å². The molecule has 0 unspecified atom stereocenters. The van der Waals surface area contributed by atoms with E-state index in [4.69, 9.17) is 20.0 Å². The van der Waals surface area contributed by atoms with Crippen LogP contribution in [0.5, 0.6) is 0 Å². The van der Waals surface area contributed by atoms with Crippen LogP contribution >= 0.6 is 0 Å². The van der Waals surface area contributed by atoms with Crippen LogP contribution < -0.4 is 4.90 Å². The predicted molar refractivity (Wildman–Crippen MR) is 249 cm³/mol. The zero-order valence-electron chi connectivity index (χ0n) is 36.8. The average molecular weight is 887 g/mol. The minimum absolute atomic E-state index is 0.393. The molecular formula is C53H49F3N8O2. The predicted octanol–water partition coefficient (Wildman–Crippen LogP) is 10.2. The molecule has 1 fully saturated rings. The number of esters is 1. The van der Waals surface area contributed by atoms with Gasteiger partial charge in [0.15, 0.2) is 11.5 Å². The molecule has 0 spiro atoms. The number of halogens is 3. The smallest absolute Gasteiger partial charge is 0.416 e. The van der Waals surface area contributed by atoms with Crippen LogP contribution in [-0.4, -0.2) is 73.9 Å². The van der Waals surface area contributed by atoms with E-state index in [9.17, 15) is 18.0 Å². The van der Waals surface area contributed by atoms with E-state index in [0.717, 1.165) is 57.3 Å². The Morgan fingerprint density at radius 1 is 0.667 bits per heavy atom. The number of tetrazole rings is 1. The zero-order chi connectivity index (χ0) is 45.7. The Morgan fingerprint density at radius 2 is 1.24 bits per heavy atom. The molecule has 0 atom stereocenters. The molecule has 1 aliphatic rings. The van der Waals surface area contributed by atoms with Crippen molar-refractivity contribution in [1.82, 2.24) is 34.7 Å². The molecule has 334 valence electrons. The van der Waals surface area contributed by atoms with Crippen LogP contribution in [0, 0.1) is 0 Å². The molecule has 1 saturated heterocycles. The van der Waals surface area contributed by atoms with Crippen molar-refractivity contribution >= 4 is 11.7 Å². The Labute approximate surface area is 381 Å². The lowest BCUT2D eigenvalue weighted by atomic mass is 9.77. The van der Waals surface area contributed by atoms with Gasteiger partial charge in [0.25, 0.3) is 0 Å². The van der Waals surface area contributed by atoms with E-state index in [1.807, 2.05) is 80.9 Å². The van der Waals surface area contributed by atoms with Crippen LogP contribution in [0.25, 0.3) is 22.5 Å². The number of aromatic nitrogens is 6. The number of methoxy groups -OCH3 is 1. The molecule has 0 N–H and O–H groups in total. The first kappa shape index (κ1) is 43.9. The Kier molecular flexibility index (Phi) is 12.6. The summed E-state index contributed by atoms with van der Waals surface area (Å²) in [5, 5.41) is 13.8. The normalized spacial score (nSPS) is 13.5. The van der Waals surface area contributed by atoms with Gasteiger partial charge < -0.3 is 14.2 Å². The molecule has 0 bridgehead atoms. The maximum Gasteiger partial charge on any atom is 0.416 e. The first-order valence-corrected chi connectivity index (χ1v) is 22.1. The molecule has 8 aromatic rings. The third-order valence-electron chi connectivity index (χ3n) is 12.4. The summed E-state index contributed by atoms with van der Waals surface area (Å²) in [6.45, 7) is 5.13. The summed E-state index contributed by atoms with van der Waals surface area (Å²) in [5.41, 5.74) is 6.74. The first-order chi connectivity index (χ1) is 32.2. The second-order valence-corrected chi connectivity index (χ2v) is 16.4. The lowest BCUT2D eigenvalue weighted by Gasteiger charge is -2.36. The minimum atomic E-state index is -4.41. The number of ether oxygens (including phenoxy) is 1. The highest BCUT2D eigenvalue weighted by molar-refractivity contribution is 5.89. The lowest BCUT2D eigenvalue weighted by Crippen LogP contribution is -2.46. The van der Waals surface area contributed by atoms with Gasteiger partial charge in [-0.15, -0.1) is 5.10 Å². The third kappa shape index (κ3) is 8.61. The fourth-order valence-electron chi connectivity index (χ4n) is 9.22. The van der Waals surface area contributed by atoms with E-state index >= 15 is 0 Å². The van der Waals surface area contributed by atoms with Crippen molar-refractivity contribution in [3.8, 4) is 22.5 Å². The monoisotopic (exact) mass is 886 g/mol. The van der Waals surface area contributed by atoms with Crippen molar-refractivity contribution in [3.63, 3.8) is 0 Å². The molecule has 9 rings (SSSR count). The Balaban J connectivity index is 1.02. The molecule has 2 aromatic heterocycles. The first-order valence-electron chi connectivity index (χ1n) is 22.1. The number of alkyl halides is 3. The number of nitrogens with zero attached hydrogens (tertiary/aromatic N) is 8. The number of piperazine rings is 1. The van der Waals surface area contributed by atoms with Gasteiger partial charge >= 0.3 is 12.1 Å². The van der Waals surface area contributed by atoms with Gasteiger partial charge in [-0.2, -0.15) is 13.2 Å². The maximum absolute atomic E-state index is 13.6. The van der Waals surface area contributed by atoms with Crippen LogP contribution in [0.1, 0.15) is 63.2 Å². The lowest BCUT2D eigenvalue weighted by molar-refractivity contribution is -0.137. The number of rotatable bonds is 14. The summed E-state index contributed by atoms with van der Waals surface area (Å²) in [5.74, 6) is 0.917. The second-order valence-electron chi connectivity index (χ2n) is 16.4. The minimum Gasteiger partial charge on any atom is -0.464 e. The van der Waals surface area contributed by atoms with Crippen LogP contribution in [0.15, 0.2) is 164 Å². The number of benzene rings is 6. The molecule has 0 aliphatic carbocycles. The van der Waals surface area contributed by atoms with Gasteiger partial charge in [-0.3, -0.25) is 4.90 Å². The fraction of sp³-hybridized carbons (Fsp3) is 0.226. The molecule has 0 radical (unpaired) electrons. The summed E-state index contributed by atoms with van der Waals surface area (Å²) >= 11 is 0. The molecule has 3 heterocycles. The third-order valence-corrected chi connectivity index (χ3v) is 12.4. The largest absolute Gasteiger partial charge is 0.464 e. The van der Waals surface area contributed by atoms with E-state index < -0.39 is 23.2 Å². The Bertz CT molecular complexity index is 2800. The van der Waals surface area contributed by atoms with Crippen molar-refractivity contribution in [2.24, 2.45) is 0 Å². The van der Waals surface area contributed by atoms with E-state index in [0.29, 0.717) is 68.6 Å². The van der Waals surface area contributed by atoms with Crippen LogP contribution in [0.2, 0.25) is 0 Å². The van der Waals surface area contributed by atoms with Gasteiger partial charge in [-0.25, -0.2) is 14.5 Å². The van der Waals surface area contributed by atoms with E-state index in [1.54, 1.807) is 6.07 Å². The summed E-state index contributed by atoms with van der Waals surface area (Å²) < 4.78 is 49.6. The van der Waals surface area contributed by atoms with Crippen LogP contribution in [0.4, 0.5) is 18.9 Å². The number of hydrogen-bond acceptors (Lipinski definition) is 8. The van der Waals surface area contributed by atoms with Crippen molar-refractivity contribution in [2.45, 2.75) is 44.6 Å². The Hall–Kier alpha value is -7.38. The molecular weight excluding hydrogens is 838 g/mol.